The highest BCUT2D eigenvalue weighted by atomic mass is 79.9. The summed E-state index contributed by atoms with van der Waals surface area (Å²) in [4.78, 5) is 18.6. The van der Waals surface area contributed by atoms with Crippen molar-refractivity contribution in [2.75, 3.05) is 0 Å². The quantitative estimate of drug-likeness (QED) is 0.839. The molecule has 0 unspecified atom stereocenters. The van der Waals surface area contributed by atoms with Crippen LogP contribution >= 0.6 is 15.9 Å². The number of aryl methyl sites for hydroxylation is 1. The Morgan fingerprint density at radius 3 is 2.86 bits per heavy atom. The first-order chi connectivity index (χ1) is 6.58. The number of fused-ring (bicyclic) bond motifs is 1. The van der Waals surface area contributed by atoms with Crippen LogP contribution in [0.15, 0.2) is 16.9 Å². The molecule has 72 valence electrons. The molecule has 0 radical (unpaired) electrons. The number of nitrogens with zero attached hydrogens (tertiary/aromatic N) is 3. The fourth-order valence-corrected chi connectivity index (χ4v) is 1.39. The zero-order valence-electron chi connectivity index (χ0n) is 7.23. The first kappa shape index (κ1) is 9.14. The standard InChI is InChI=1S/C8H6BrN3O2/c1-4-5(9)2-12-3-6(7(13)14)11-8(12)10-4/h2-3H,1H3,(H,13,14). The number of halogens is 1. The van der Waals surface area contributed by atoms with Gasteiger partial charge in [0.1, 0.15) is 0 Å². The van der Waals surface area contributed by atoms with Gasteiger partial charge in [0.15, 0.2) is 5.69 Å². The number of carbonyl (C=O) groups is 1. The molecule has 0 amide bonds. The minimum atomic E-state index is -1.05. The first-order valence-electron chi connectivity index (χ1n) is 3.83. The van der Waals surface area contributed by atoms with Gasteiger partial charge >= 0.3 is 5.97 Å². The molecule has 6 heteroatoms. The zero-order chi connectivity index (χ0) is 10.3. The van der Waals surface area contributed by atoms with Gasteiger partial charge < -0.3 is 5.11 Å². The third-order valence-electron chi connectivity index (χ3n) is 1.80. The molecule has 0 aliphatic rings. The minimum absolute atomic E-state index is 0.00463. The van der Waals surface area contributed by atoms with E-state index < -0.39 is 5.97 Å². The Morgan fingerprint density at radius 1 is 1.50 bits per heavy atom. The molecule has 2 rings (SSSR count). The molecule has 0 bridgehead atoms. The van der Waals surface area contributed by atoms with E-state index in [2.05, 4.69) is 25.9 Å². The molecule has 0 saturated carbocycles. The normalized spacial score (nSPS) is 10.7. The van der Waals surface area contributed by atoms with Crippen LogP contribution in [0.5, 0.6) is 0 Å². The van der Waals surface area contributed by atoms with Crippen molar-refractivity contribution in [3.63, 3.8) is 0 Å². The monoisotopic (exact) mass is 255 g/mol. The molecule has 2 heterocycles. The molecular formula is C8H6BrN3O2. The molecule has 14 heavy (non-hydrogen) atoms. The van der Waals surface area contributed by atoms with E-state index in [9.17, 15) is 4.79 Å². The average Bonchev–Trinajstić information content (AvgIpc) is 2.48. The number of aromatic carboxylic acids is 1. The minimum Gasteiger partial charge on any atom is -0.476 e. The fraction of sp³-hybridized carbons (Fsp3) is 0.125. The number of carboxylic acids is 1. The van der Waals surface area contributed by atoms with Gasteiger partial charge in [-0.25, -0.2) is 14.8 Å². The highest BCUT2D eigenvalue weighted by Gasteiger charge is 2.10. The lowest BCUT2D eigenvalue weighted by Crippen LogP contribution is -1.95. The van der Waals surface area contributed by atoms with Crippen molar-refractivity contribution < 1.29 is 9.90 Å². The van der Waals surface area contributed by atoms with Crippen molar-refractivity contribution in [3.8, 4) is 0 Å². The number of hydrogen-bond donors (Lipinski definition) is 1. The van der Waals surface area contributed by atoms with E-state index in [0.717, 1.165) is 10.2 Å². The Labute approximate surface area is 87.5 Å². The van der Waals surface area contributed by atoms with Gasteiger partial charge in [0, 0.05) is 12.4 Å². The van der Waals surface area contributed by atoms with E-state index in [4.69, 9.17) is 5.11 Å². The van der Waals surface area contributed by atoms with Gasteiger partial charge in [-0.15, -0.1) is 0 Å². The van der Waals surface area contributed by atoms with Crippen LogP contribution in [0.1, 0.15) is 16.2 Å². The maximum atomic E-state index is 10.6. The number of carboxylic acid groups (broad SMARTS) is 1. The predicted molar refractivity (Wildman–Crippen MR) is 52.4 cm³/mol. The van der Waals surface area contributed by atoms with Crippen molar-refractivity contribution in [1.29, 1.82) is 0 Å². The van der Waals surface area contributed by atoms with Gasteiger partial charge in [-0.2, -0.15) is 0 Å². The third-order valence-corrected chi connectivity index (χ3v) is 2.58. The van der Waals surface area contributed by atoms with Crippen LogP contribution in [0.2, 0.25) is 0 Å². The van der Waals surface area contributed by atoms with Gasteiger partial charge in [0.05, 0.1) is 10.2 Å². The number of aromatic nitrogens is 3. The van der Waals surface area contributed by atoms with E-state index in [1.807, 2.05) is 6.92 Å². The Balaban J connectivity index is 2.72. The molecule has 0 fully saturated rings. The van der Waals surface area contributed by atoms with E-state index in [-0.39, 0.29) is 5.69 Å². The van der Waals surface area contributed by atoms with Crippen LogP contribution in [-0.4, -0.2) is 25.4 Å². The Bertz CT molecular complexity index is 482. The third kappa shape index (κ3) is 1.37. The lowest BCUT2D eigenvalue weighted by molar-refractivity contribution is 0.0691. The smallest absolute Gasteiger partial charge is 0.356 e. The summed E-state index contributed by atoms with van der Waals surface area (Å²) in [5, 5.41) is 8.71. The van der Waals surface area contributed by atoms with Crippen LogP contribution in [0, 0.1) is 6.92 Å². The van der Waals surface area contributed by atoms with Crippen LogP contribution < -0.4 is 0 Å². The molecule has 2 aromatic rings. The molecule has 0 saturated heterocycles. The Kier molecular flexibility index (Phi) is 1.99. The molecule has 5 nitrogen and oxygen atoms in total. The summed E-state index contributed by atoms with van der Waals surface area (Å²) in [5.74, 6) is -0.660. The van der Waals surface area contributed by atoms with E-state index >= 15 is 0 Å². The summed E-state index contributed by atoms with van der Waals surface area (Å²) < 4.78 is 2.39. The van der Waals surface area contributed by atoms with E-state index in [1.54, 1.807) is 10.6 Å². The molecular weight excluding hydrogens is 250 g/mol. The molecule has 0 aromatic carbocycles. The van der Waals surface area contributed by atoms with Gasteiger partial charge in [-0.1, -0.05) is 0 Å². The van der Waals surface area contributed by atoms with Crippen molar-refractivity contribution >= 4 is 27.7 Å². The van der Waals surface area contributed by atoms with Gasteiger partial charge in [-0.3, -0.25) is 4.40 Å². The Hall–Kier alpha value is -1.43. The SMILES string of the molecule is Cc1nc2nc(C(=O)O)cn2cc1Br. The highest BCUT2D eigenvalue weighted by molar-refractivity contribution is 9.10. The van der Waals surface area contributed by atoms with E-state index in [0.29, 0.717) is 5.78 Å². The second kappa shape index (κ2) is 3.06. The highest BCUT2D eigenvalue weighted by Crippen LogP contribution is 2.14. The summed E-state index contributed by atoms with van der Waals surface area (Å²) in [6, 6.07) is 0. The lowest BCUT2D eigenvalue weighted by Gasteiger charge is -1.96. The number of imidazole rings is 1. The summed E-state index contributed by atoms with van der Waals surface area (Å²) in [6.07, 6.45) is 3.16. The van der Waals surface area contributed by atoms with Crippen LogP contribution in [-0.2, 0) is 0 Å². The Morgan fingerprint density at radius 2 is 2.21 bits per heavy atom. The maximum absolute atomic E-state index is 10.6. The molecule has 0 aliphatic carbocycles. The van der Waals surface area contributed by atoms with Crippen LogP contribution in [0.25, 0.3) is 5.78 Å². The topological polar surface area (TPSA) is 67.5 Å². The molecule has 0 spiro atoms. The second-order valence-electron chi connectivity index (χ2n) is 2.81. The lowest BCUT2D eigenvalue weighted by atomic mass is 10.4. The van der Waals surface area contributed by atoms with Crippen LogP contribution in [0.4, 0.5) is 0 Å². The summed E-state index contributed by atoms with van der Waals surface area (Å²) in [5.41, 5.74) is 0.773. The van der Waals surface area contributed by atoms with Crippen molar-refractivity contribution in [3.05, 3.63) is 28.3 Å². The maximum Gasteiger partial charge on any atom is 0.356 e. The summed E-state index contributed by atoms with van der Waals surface area (Å²) >= 11 is 3.30. The molecule has 2 aromatic heterocycles. The second-order valence-corrected chi connectivity index (χ2v) is 3.67. The van der Waals surface area contributed by atoms with Gasteiger partial charge in [0.2, 0.25) is 5.78 Å². The van der Waals surface area contributed by atoms with Crippen molar-refractivity contribution in [2.24, 2.45) is 0 Å². The largest absolute Gasteiger partial charge is 0.476 e. The average molecular weight is 256 g/mol. The molecule has 0 atom stereocenters. The number of hydrogen-bond acceptors (Lipinski definition) is 3. The van der Waals surface area contributed by atoms with Crippen LogP contribution in [0.3, 0.4) is 0 Å². The van der Waals surface area contributed by atoms with Gasteiger partial charge in [0.25, 0.3) is 0 Å². The van der Waals surface area contributed by atoms with Gasteiger partial charge in [-0.05, 0) is 22.9 Å². The summed E-state index contributed by atoms with van der Waals surface area (Å²) in [7, 11) is 0. The van der Waals surface area contributed by atoms with Crippen molar-refractivity contribution in [1.82, 2.24) is 14.4 Å². The van der Waals surface area contributed by atoms with Crippen molar-refractivity contribution in [2.45, 2.75) is 6.92 Å². The fourth-order valence-electron chi connectivity index (χ4n) is 1.08. The zero-order valence-corrected chi connectivity index (χ0v) is 8.82. The van der Waals surface area contributed by atoms with E-state index in [1.165, 1.54) is 6.20 Å². The summed E-state index contributed by atoms with van der Waals surface area (Å²) in [6.45, 7) is 1.82. The number of rotatable bonds is 1. The predicted octanol–water partition coefficient (Wildman–Crippen LogP) is 1.50. The molecule has 1 N–H and O–H groups in total. The molecule has 0 aliphatic heterocycles. The first-order valence-corrected chi connectivity index (χ1v) is 4.62.